The van der Waals surface area contributed by atoms with Gasteiger partial charge in [0.05, 0.1) is 10.5 Å². The van der Waals surface area contributed by atoms with Gasteiger partial charge in [-0.05, 0) is 51.3 Å². The first kappa shape index (κ1) is 16.5. The van der Waals surface area contributed by atoms with E-state index in [0.29, 0.717) is 12.6 Å². The highest BCUT2D eigenvalue weighted by Gasteiger charge is 2.28. The van der Waals surface area contributed by atoms with Crippen LogP contribution in [0.4, 0.5) is 0 Å². The van der Waals surface area contributed by atoms with Crippen molar-refractivity contribution in [2.24, 2.45) is 5.73 Å². The van der Waals surface area contributed by atoms with Gasteiger partial charge in [-0.25, -0.2) is 0 Å². The Bertz CT molecular complexity index is 411. The van der Waals surface area contributed by atoms with Gasteiger partial charge in [-0.1, -0.05) is 6.92 Å². The van der Waals surface area contributed by atoms with Crippen LogP contribution in [0.3, 0.4) is 0 Å². The lowest BCUT2D eigenvalue weighted by molar-refractivity contribution is 0.0673. The zero-order chi connectivity index (χ0) is 14.7. The standard InChI is InChI=1S/C14H23Br2N3O/c1-3-10(2)18-4-6-19(7-5-18)12(9-17)13-8-11(15)14(16)20-13/h8,10,12H,3-7,9,17H2,1-2H3. The number of nitrogens with two attached hydrogens (primary N) is 1. The minimum Gasteiger partial charge on any atom is -0.451 e. The van der Waals surface area contributed by atoms with Crippen LogP contribution >= 0.6 is 31.9 Å². The second-order valence-corrected chi connectivity index (χ2v) is 6.93. The summed E-state index contributed by atoms with van der Waals surface area (Å²) in [5, 5.41) is 0. The van der Waals surface area contributed by atoms with Crippen molar-refractivity contribution < 1.29 is 4.42 Å². The maximum atomic E-state index is 5.97. The Labute approximate surface area is 137 Å². The number of hydrogen-bond acceptors (Lipinski definition) is 4. The fraction of sp³-hybridized carbons (Fsp3) is 0.714. The molecule has 0 radical (unpaired) electrons. The van der Waals surface area contributed by atoms with Gasteiger partial charge in [0.25, 0.3) is 0 Å². The van der Waals surface area contributed by atoms with Gasteiger partial charge >= 0.3 is 0 Å². The number of nitrogens with zero attached hydrogens (tertiary/aromatic N) is 2. The van der Waals surface area contributed by atoms with Crippen LogP contribution in [0.25, 0.3) is 0 Å². The lowest BCUT2D eigenvalue weighted by atomic mass is 10.1. The highest BCUT2D eigenvalue weighted by Crippen LogP contribution is 2.32. The molecule has 2 atom stereocenters. The Kier molecular flexibility index (Phi) is 6.10. The predicted octanol–water partition coefficient (Wildman–Crippen LogP) is 3.22. The Balaban J connectivity index is 2.00. The first-order valence-electron chi connectivity index (χ1n) is 7.19. The maximum absolute atomic E-state index is 5.97. The molecule has 114 valence electrons. The molecule has 0 aromatic carbocycles. The fourth-order valence-electron chi connectivity index (χ4n) is 2.72. The topological polar surface area (TPSA) is 45.6 Å². The lowest BCUT2D eigenvalue weighted by Crippen LogP contribution is -2.51. The molecule has 1 aliphatic rings. The summed E-state index contributed by atoms with van der Waals surface area (Å²) < 4.78 is 7.44. The second-order valence-electron chi connectivity index (χ2n) is 5.35. The molecule has 2 N–H and O–H groups in total. The molecule has 1 saturated heterocycles. The van der Waals surface area contributed by atoms with Crippen LogP contribution in [0.2, 0.25) is 0 Å². The van der Waals surface area contributed by atoms with Crippen molar-refractivity contribution in [3.8, 4) is 0 Å². The quantitative estimate of drug-likeness (QED) is 0.812. The molecule has 4 nitrogen and oxygen atoms in total. The predicted molar refractivity (Wildman–Crippen MR) is 88.8 cm³/mol. The summed E-state index contributed by atoms with van der Waals surface area (Å²) in [5.41, 5.74) is 5.97. The highest BCUT2D eigenvalue weighted by molar-refractivity contribution is 9.13. The third kappa shape index (κ3) is 3.65. The van der Waals surface area contributed by atoms with E-state index in [4.69, 9.17) is 10.2 Å². The monoisotopic (exact) mass is 407 g/mol. The molecule has 1 aliphatic heterocycles. The van der Waals surface area contributed by atoms with Crippen molar-refractivity contribution in [3.05, 3.63) is 21.0 Å². The lowest BCUT2D eigenvalue weighted by Gasteiger charge is -2.40. The van der Waals surface area contributed by atoms with Gasteiger partial charge in [0.2, 0.25) is 0 Å². The first-order valence-corrected chi connectivity index (χ1v) is 8.78. The van der Waals surface area contributed by atoms with Crippen LogP contribution in [0.15, 0.2) is 19.6 Å². The number of rotatable bonds is 5. The number of halogens is 2. The van der Waals surface area contributed by atoms with Crippen molar-refractivity contribution >= 4 is 31.9 Å². The number of hydrogen-bond donors (Lipinski definition) is 1. The summed E-state index contributed by atoms with van der Waals surface area (Å²) in [6, 6.07) is 2.85. The van der Waals surface area contributed by atoms with Crippen molar-refractivity contribution in [2.75, 3.05) is 32.7 Å². The van der Waals surface area contributed by atoms with Crippen LogP contribution < -0.4 is 5.73 Å². The van der Waals surface area contributed by atoms with Crippen LogP contribution in [0, 0.1) is 0 Å². The Morgan fingerprint density at radius 3 is 2.30 bits per heavy atom. The summed E-state index contributed by atoms with van der Waals surface area (Å²) in [6.07, 6.45) is 1.21. The van der Waals surface area contributed by atoms with E-state index in [9.17, 15) is 0 Å². The van der Waals surface area contributed by atoms with E-state index in [1.54, 1.807) is 0 Å². The molecule has 2 heterocycles. The van der Waals surface area contributed by atoms with E-state index in [2.05, 4.69) is 55.5 Å². The average molecular weight is 409 g/mol. The Morgan fingerprint density at radius 2 is 1.85 bits per heavy atom. The zero-order valence-corrected chi connectivity index (χ0v) is 15.3. The average Bonchev–Trinajstić information content (AvgIpc) is 2.79. The van der Waals surface area contributed by atoms with E-state index in [1.165, 1.54) is 6.42 Å². The van der Waals surface area contributed by atoms with Crippen LogP contribution in [-0.2, 0) is 0 Å². The van der Waals surface area contributed by atoms with Crippen LogP contribution in [-0.4, -0.2) is 48.6 Å². The van der Waals surface area contributed by atoms with Gasteiger partial charge in [0, 0.05) is 38.8 Å². The van der Waals surface area contributed by atoms with E-state index in [1.807, 2.05) is 6.07 Å². The Morgan fingerprint density at radius 1 is 1.25 bits per heavy atom. The Hall–Kier alpha value is 0.120. The van der Waals surface area contributed by atoms with Gasteiger partial charge in [-0.3, -0.25) is 9.80 Å². The summed E-state index contributed by atoms with van der Waals surface area (Å²) in [6.45, 7) is 9.43. The summed E-state index contributed by atoms with van der Waals surface area (Å²) in [5.74, 6) is 0.934. The van der Waals surface area contributed by atoms with Gasteiger partial charge in [-0.15, -0.1) is 0 Å². The van der Waals surface area contributed by atoms with Crippen LogP contribution in [0.5, 0.6) is 0 Å². The molecule has 1 fully saturated rings. The maximum Gasteiger partial charge on any atom is 0.183 e. The largest absolute Gasteiger partial charge is 0.451 e. The number of piperazine rings is 1. The zero-order valence-electron chi connectivity index (χ0n) is 12.1. The summed E-state index contributed by atoms with van der Waals surface area (Å²) in [7, 11) is 0. The molecule has 0 aliphatic carbocycles. The summed E-state index contributed by atoms with van der Waals surface area (Å²) >= 11 is 6.86. The van der Waals surface area contributed by atoms with Crippen molar-refractivity contribution in [1.82, 2.24) is 9.80 Å². The molecule has 0 saturated carbocycles. The van der Waals surface area contributed by atoms with Gasteiger partial charge in [0.1, 0.15) is 5.76 Å². The molecule has 0 bridgehead atoms. The van der Waals surface area contributed by atoms with Crippen molar-refractivity contribution in [1.29, 1.82) is 0 Å². The van der Waals surface area contributed by atoms with Gasteiger partial charge in [0.15, 0.2) is 4.67 Å². The smallest absolute Gasteiger partial charge is 0.183 e. The molecular weight excluding hydrogens is 386 g/mol. The highest BCUT2D eigenvalue weighted by atomic mass is 79.9. The minimum absolute atomic E-state index is 0.164. The SMILES string of the molecule is CCC(C)N1CCN(C(CN)c2cc(Br)c(Br)o2)CC1. The van der Waals surface area contributed by atoms with Crippen LogP contribution in [0.1, 0.15) is 32.1 Å². The molecular formula is C14H23Br2N3O. The minimum atomic E-state index is 0.164. The molecule has 2 rings (SSSR count). The molecule has 1 aromatic heterocycles. The van der Waals surface area contributed by atoms with Crippen molar-refractivity contribution in [2.45, 2.75) is 32.4 Å². The molecule has 0 spiro atoms. The molecule has 6 heteroatoms. The third-order valence-corrected chi connectivity index (χ3v) is 5.93. The first-order chi connectivity index (χ1) is 9.56. The van der Waals surface area contributed by atoms with E-state index in [-0.39, 0.29) is 6.04 Å². The van der Waals surface area contributed by atoms with Gasteiger partial charge in [-0.2, -0.15) is 0 Å². The normalized spacial score (nSPS) is 21.1. The molecule has 1 aromatic rings. The van der Waals surface area contributed by atoms with E-state index < -0.39 is 0 Å². The molecule has 20 heavy (non-hydrogen) atoms. The van der Waals surface area contributed by atoms with Gasteiger partial charge < -0.3 is 10.2 Å². The fourth-order valence-corrected chi connectivity index (χ4v) is 3.33. The van der Waals surface area contributed by atoms with Crippen molar-refractivity contribution in [3.63, 3.8) is 0 Å². The van der Waals surface area contributed by atoms with E-state index in [0.717, 1.165) is 41.1 Å². The second kappa shape index (κ2) is 7.40. The summed E-state index contributed by atoms with van der Waals surface area (Å²) in [4.78, 5) is 4.98. The molecule has 2 unspecified atom stereocenters. The number of furan rings is 1. The molecule has 0 amide bonds. The third-order valence-electron chi connectivity index (χ3n) is 4.22. The van der Waals surface area contributed by atoms with E-state index >= 15 is 0 Å².